The fourth-order valence-electron chi connectivity index (χ4n) is 3.20. The molecule has 0 spiro atoms. The molecule has 0 saturated carbocycles. The van der Waals surface area contributed by atoms with E-state index in [1.807, 2.05) is 43.3 Å². The van der Waals surface area contributed by atoms with Gasteiger partial charge < -0.3 is 15.4 Å². The Morgan fingerprint density at radius 3 is 2.40 bits per heavy atom. The molecule has 0 aliphatic rings. The summed E-state index contributed by atoms with van der Waals surface area (Å²) in [6.07, 6.45) is 0. The number of para-hydroxylation sites is 2. The number of amides is 2. The topological polar surface area (TPSA) is 111 Å². The van der Waals surface area contributed by atoms with Gasteiger partial charge in [0, 0.05) is 11.3 Å². The van der Waals surface area contributed by atoms with Gasteiger partial charge in [-0.3, -0.25) is 9.59 Å². The van der Waals surface area contributed by atoms with Crippen molar-refractivity contribution in [1.29, 1.82) is 0 Å². The zero-order chi connectivity index (χ0) is 24.8. The minimum absolute atomic E-state index is 0.209. The molecule has 0 bridgehead atoms. The summed E-state index contributed by atoms with van der Waals surface area (Å²) in [6, 6.07) is 21.6. The number of carbonyl (C=O) groups excluding carboxylic acids is 2. The second-order valence-electron chi connectivity index (χ2n) is 7.69. The molecule has 1 unspecified atom stereocenters. The summed E-state index contributed by atoms with van der Waals surface area (Å²) in [6.45, 7) is 3.79. The predicted molar refractivity (Wildman–Crippen MR) is 135 cm³/mol. The maximum Gasteiger partial charge on any atom is 0.255 e. The van der Waals surface area contributed by atoms with Crippen LogP contribution >= 0.6 is 11.8 Å². The number of benzene rings is 3. The summed E-state index contributed by atoms with van der Waals surface area (Å²) in [4.78, 5) is 25.3. The third-order valence-corrected chi connectivity index (χ3v) is 6.17. The number of ether oxygens (including phenoxy) is 1. The van der Waals surface area contributed by atoms with Crippen molar-refractivity contribution >= 4 is 35.0 Å². The van der Waals surface area contributed by atoms with E-state index in [0.29, 0.717) is 27.8 Å². The summed E-state index contributed by atoms with van der Waals surface area (Å²) >= 11 is 1.25. The standard InChI is InChI=1S/C25H24N6O3S/c1-16-8-14-20(15-9-16)31-25(28-29-30-31)35-17(2)23(32)26-19-12-10-18(11-13-19)24(33)27-21-6-4-5-7-22(21)34-3/h4-15,17H,1-3H3,(H,26,32)(H,27,33). The van der Waals surface area contributed by atoms with E-state index in [0.717, 1.165) is 11.3 Å². The number of tetrazole rings is 1. The highest BCUT2D eigenvalue weighted by molar-refractivity contribution is 8.00. The van der Waals surface area contributed by atoms with Gasteiger partial charge in [-0.1, -0.05) is 41.6 Å². The molecule has 178 valence electrons. The van der Waals surface area contributed by atoms with Crippen LogP contribution in [0.3, 0.4) is 0 Å². The molecular formula is C25H24N6O3S. The Labute approximate surface area is 206 Å². The molecular weight excluding hydrogens is 464 g/mol. The van der Waals surface area contributed by atoms with Crippen LogP contribution in [0.5, 0.6) is 5.75 Å². The van der Waals surface area contributed by atoms with E-state index < -0.39 is 5.25 Å². The SMILES string of the molecule is COc1ccccc1NC(=O)c1ccc(NC(=O)C(C)Sc2nnnn2-c2ccc(C)cc2)cc1. The quantitative estimate of drug-likeness (QED) is 0.355. The van der Waals surface area contributed by atoms with Crippen molar-refractivity contribution in [2.45, 2.75) is 24.3 Å². The number of nitrogens with one attached hydrogen (secondary N) is 2. The van der Waals surface area contributed by atoms with Crippen LogP contribution in [0.25, 0.3) is 5.69 Å². The molecule has 0 aliphatic heterocycles. The Kier molecular flexibility index (Phi) is 7.41. The summed E-state index contributed by atoms with van der Waals surface area (Å²) in [5, 5.41) is 17.6. The molecule has 2 N–H and O–H groups in total. The third-order valence-electron chi connectivity index (χ3n) is 5.14. The molecule has 0 radical (unpaired) electrons. The van der Waals surface area contributed by atoms with Crippen LogP contribution in [0.2, 0.25) is 0 Å². The van der Waals surface area contributed by atoms with Gasteiger partial charge in [0.25, 0.3) is 5.91 Å². The second-order valence-corrected chi connectivity index (χ2v) is 9.00. The number of anilines is 2. The number of hydrogen-bond acceptors (Lipinski definition) is 7. The molecule has 1 aromatic heterocycles. The van der Waals surface area contributed by atoms with Crippen molar-refractivity contribution in [3.8, 4) is 11.4 Å². The molecule has 1 heterocycles. The lowest BCUT2D eigenvalue weighted by atomic mass is 10.2. The molecule has 1 atom stereocenters. The summed E-state index contributed by atoms with van der Waals surface area (Å²) in [5.41, 5.74) is 3.56. The highest BCUT2D eigenvalue weighted by Gasteiger charge is 2.20. The van der Waals surface area contributed by atoms with Gasteiger partial charge in [-0.25, -0.2) is 0 Å². The van der Waals surface area contributed by atoms with Crippen LogP contribution in [0, 0.1) is 6.92 Å². The lowest BCUT2D eigenvalue weighted by Crippen LogP contribution is -2.23. The first-order valence-corrected chi connectivity index (χ1v) is 11.7. The summed E-state index contributed by atoms with van der Waals surface area (Å²) < 4.78 is 6.86. The molecule has 9 nitrogen and oxygen atoms in total. The lowest BCUT2D eigenvalue weighted by molar-refractivity contribution is -0.115. The molecule has 0 saturated heterocycles. The Morgan fingerprint density at radius 1 is 0.971 bits per heavy atom. The average molecular weight is 489 g/mol. The highest BCUT2D eigenvalue weighted by Crippen LogP contribution is 2.25. The number of aromatic nitrogens is 4. The maximum absolute atomic E-state index is 12.8. The van der Waals surface area contributed by atoms with Gasteiger partial charge >= 0.3 is 0 Å². The van der Waals surface area contributed by atoms with Crippen molar-refractivity contribution in [3.63, 3.8) is 0 Å². The number of methoxy groups -OCH3 is 1. The monoisotopic (exact) mass is 488 g/mol. The molecule has 0 aliphatic carbocycles. The van der Waals surface area contributed by atoms with Gasteiger partial charge in [0.05, 0.1) is 23.7 Å². The maximum atomic E-state index is 12.8. The van der Waals surface area contributed by atoms with Gasteiger partial charge in [0.2, 0.25) is 11.1 Å². The summed E-state index contributed by atoms with van der Waals surface area (Å²) in [5.74, 6) is 0.0866. The van der Waals surface area contributed by atoms with Crippen molar-refractivity contribution in [2.75, 3.05) is 17.7 Å². The number of thioether (sulfide) groups is 1. The van der Waals surface area contributed by atoms with Gasteiger partial charge in [-0.2, -0.15) is 4.68 Å². The molecule has 10 heteroatoms. The Hall–Kier alpha value is -4.18. The van der Waals surface area contributed by atoms with Crippen LogP contribution in [-0.4, -0.2) is 44.4 Å². The van der Waals surface area contributed by atoms with Crippen LogP contribution in [0.4, 0.5) is 11.4 Å². The highest BCUT2D eigenvalue weighted by atomic mass is 32.2. The lowest BCUT2D eigenvalue weighted by Gasteiger charge is -2.13. The smallest absolute Gasteiger partial charge is 0.255 e. The van der Waals surface area contributed by atoms with Crippen molar-refractivity contribution in [2.24, 2.45) is 0 Å². The first kappa shape index (κ1) is 24.0. The molecule has 2 amide bonds. The zero-order valence-corrected chi connectivity index (χ0v) is 20.2. The van der Waals surface area contributed by atoms with Crippen LogP contribution < -0.4 is 15.4 Å². The fourth-order valence-corrected chi connectivity index (χ4v) is 4.01. The molecule has 4 aromatic rings. The fraction of sp³-hybridized carbons (Fsp3) is 0.160. The number of carbonyl (C=O) groups is 2. The minimum atomic E-state index is -0.460. The van der Waals surface area contributed by atoms with Crippen molar-refractivity contribution in [1.82, 2.24) is 20.2 Å². The van der Waals surface area contributed by atoms with E-state index >= 15 is 0 Å². The van der Waals surface area contributed by atoms with E-state index in [2.05, 4.69) is 26.2 Å². The summed E-state index contributed by atoms with van der Waals surface area (Å²) in [7, 11) is 1.55. The van der Waals surface area contributed by atoms with E-state index in [9.17, 15) is 9.59 Å². The molecule has 3 aromatic carbocycles. The van der Waals surface area contributed by atoms with Crippen LogP contribution in [0.15, 0.2) is 78.0 Å². The van der Waals surface area contributed by atoms with Crippen LogP contribution in [0.1, 0.15) is 22.8 Å². The number of rotatable bonds is 8. The Bertz CT molecular complexity index is 1320. The van der Waals surface area contributed by atoms with Gasteiger partial charge in [-0.15, -0.1) is 5.10 Å². The Balaban J connectivity index is 1.37. The van der Waals surface area contributed by atoms with E-state index in [-0.39, 0.29) is 11.8 Å². The van der Waals surface area contributed by atoms with E-state index in [1.165, 1.54) is 11.8 Å². The van der Waals surface area contributed by atoms with Gasteiger partial charge in [-0.05, 0) is 72.8 Å². The van der Waals surface area contributed by atoms with Crippen LogP contribution in [-0.2, 0) is 4.79 Å². The Morgan fingerprint density at radius 2 is 1.69 bits per heavy atom. The second kappa shape index (κ2) is 10.8. The predicted octanol–water partition coefficient (Wildman–Crippen LogP) is 4.35. The van der Waals surface area contributed by atoms with Crippen molar-refractivity contribution < 1.29 is 14.3 Å². The minimum Gasteiger partial charge on any atom is -0.495 e. The zero-order valence-electron chi connectivity index (χ0n) is 19.4. The number of aryl methyl sites for hydroxylation is 1. The van der Waals surface area contributed by atoms with E-state index in [1.54, 1.807) is 55.1 Å². The van der Waals surface area contributed by atoms with Crippen molar-refractivity contribution in [3.05, 3.63) is 83.9 Å². The van der Waals surface area contributed by atoms with Gasteiger partial charge in [0.15, 0.2) is 0 Å². The molecule has 35 heavy (non-hydrogen) atoms. The first-order valence-electron chi connectivity index (χ1n) is 10.8. The molecule has 4 rings (SSSR count). The first-order chi connectivity index (χ1) is 16.9. The largest absolute Gasteiger partial charge is 0.495 e. The third kappa shape index (κ3) is 5.85. The number of nitrogens with zero attached hydrogens (tertiary/aromatic N) is 4. The van der Waals surface area contributed by atoms with Gasteiger partial charge in [0.1, 0.15) is 5.75 Å². The normalized spacial score (nSPS) is 11.5. The molecule has 0 fully saturated rings. The van der Waals surface area contributed by atoms with E-state index in [4.69, 9.17) is 4.74 Å². The average Bonchev–Trinajstić information content (AvgIpc) is 3.33. The number of hydrogen-bond donors (Lipinski definition) is 2.